The first-order chi connectivity index (χ1) is 6.35. The Labute approximate surface area is 81.2 Å². The van der Waals surface area contributed by atoms with Gasteiger partial charge in [-0.3, -0.25) is 0 Å². The molecule has 0 saturated heterocycles. The Morgan fingerprint density at radius 2 is 1.46 bits per heavy atom. The number of hydrogen-bond acceptors (Lipinski definition) is 2. The van der Waals surface area contributed by atoms with E-state index in [0.29, 0.717) is 0 Å². The smallest absolute Gasteiger partial charge is 0.133 e. The van der Waals surface area contributed by atoms with Crippen molar-refractivity contribution in [2.45, 2.75) is 51.9 Å². The molecule has 0 saturated carbocycles. The summed E-state index contributed by atoms with van der Waals surface area (Å²) in [6, 6.07) is 3.99. The van der Waals surface area contributed by atoms with Gasteiger partial charge in [0.05, 0.1) is 12.1 Å². The van der Waals surface area contributed by atoms with E-state index in [2.05, 4.69) is 6.92 Å². The summed E-state index contributed by atoms with van der Waals surface area (Å²) in [5, 5.41) is 17.0. The third-order valence-electron chi connectivity index (χ3n) is 2.16. The summed E-state index contributed by atoms with van der Waals surface area (Å²) in [5.74, 6) is -0.383. The molecule has 0 aromatic carbocycles. The maximum Gasteiger partial charge on any atom is 0.133 e. The highest BCUT2D eigenvalue weighted by molar-refractivity contribution is 4.98. The summed E-state index contributed by atoms with van der Waals surface area (Å²) < 4.78 is 0. The molecule has 0 heterocycles. The molecule has 0 spiro atoms. The summed E-state index contributed by atoms with van der Waals surface area (Å²) in [6.45, 7) is 2.20. The molecule has 0 unspecified atom stereocenters. The van der Waals surface area contributed by atoms with Gasteiger partial charge in [0, 0.05) is 0 Å². The maximum atomic E-state index is 8.49. The molecule has 0 aliphatic rings. The summed E-state index contributed by atoms with van der Waals surface area (Å²) in [6.07, 6.45) is 8.05. The predicted molar refractivity (Wildman–Crippen MR) is 52.7 cm³/mol. The molecule has 0 fully saturated rings. The topological polar surface area (TPSA) is 47.6 Å². The van der Waals surface area contributed by atoms with E-state index < -0.39 is 0 Å². The molecular formula is C11H18N2. The number of nitriles is 2. The minimum atomic E-state index is -0.383. The van der Waals surface area contributed by atoms with E-state index in [-0.39, 0.29) is 5.92 Å². The SMILES string of the molecule is CCCCCCCCC(C#N)C#N. The number of unbranched alkanes of at least 4 members (excludes halogenated alkanes) is 5. The van der Waals surface area contributed by atoms with Crippen LogP contribution in [0.1, 0.15) is 51.9 Å². The second-order valence-corrected chi connectivity index (χ2v) is 3.37. The Kier molecular flexibility index (Phi) is 8.36. The molecular weight excluding hydrogens is 160 g/mol. The van der Waals surface area contributed by atoms with E-state index in [9.17, 15) is 0 Å². The first-order valence-corrected chi connectivity index (χ1v) is 5.14. The lowest BCUT2D eigenvalue weighted by atomic mass is 10.0. The van der Waals surface area contributed by atoms with Crippen LogP contribution in [0.3, 0.4) is 0 Å². The molecule has 0 rings (SSSR count). The zero-order chi connectivity index (χ0) is 9.94. The second kappa shape index (κ2) is 9.07. The average Bonchev–Trinajstić information content (AvgIpc) is 2.17. The van der Waals surface area contributed by atoms with Gasteiger partial charge in [0.1, 0.15) is 5.92 Å². The molecule has 0 amide bonds. The van der Waals surface area contributed by atoms with Gasteiger partial charge in [-0.25, -0.2) is 0 Å². The Bertz CT molecular complexity index is 171. The van der Waals surface area contributed by atoms with Gasteiger partial charge >= 0.3 is 0 Å². The number of rotatable bonds is 7. The van der Waals surface area contributed by atoms with Crippen LogP contribution in [-0.2, 0) is 0 Å². The zero-order valence-electron chi connectivity index (χ0n) is 8.42. The molecule has 0 N–H and O–H groups in total. The summed E-state index contributed by atoms with van der Waals surface area (Å²) in [7, 11) is 0. The predicted octanol–water partition coefficient (Wildman–Crippen LogP) is 3.40. The molecule has 72 valence electrons. The summed E-state index contributed by atoms with van der Waals surface area (Å²) in [5.41, 5.74) is 0. The Morgan fingerprint density at radius 1 is 0.923 bits per heavy atom. The van der Waals surface area contributed by atoms with E-state index in [0.717, 1.165) is 12.8 Å². The molecule has 2 heteroatoms. The monoisotopic (exact) mass is 178 g/mol. The van der Waals surface area contributed by atoms with Crippen molar-refractivity contribution in [1.29, 1.82) is 10.5 Å². The van der Waals surface area contributed by atoms with Gasteiger partial charge in [-0.2, -0.15) is 10.5 Å². The fraction of sp³-hybridized carbons (Fsp3) is 0.818. The molecule has 0 aliphatic heterocycles. The van der Waals surface area contributed by atoms with Crippen molar-refractivity contribution in [3.63, 3.8) is 0 Å². The quantitative estimate of drug-likeness (QED) is 0.561. The van der Waals surface area contributed by atoms with E-state index >= 15 is 0 Å². The van der Waals surface area contributed by atoms with E-state index in [1.807, 2.05) is 12.1 Å². The minimum absolute atomic E-state index is 0.383. The van der Waals surface area contributed by atoms with Gasteiger partial charge in [-0.05, 0) is 6.42 Å². The number of nitrogens with zero attached hydrogens (tertiary/aromatic N) is 2. The van der Waals surface area contributed by atoms with Crippen LogP contribution < -0.4 is 0 Å². The van der Waals surface area contributed by atoms with Crippen molar-refractivity contribution in [3.8, 4) is 12.1 Å². The molecule has 0 aromatic rings. The van der Waals surface area contributed by atoms with Gasteiger partial charge in [0.25, 0.3) is 0 Å². The van der Waals surface area contributed by atoms with Crippen LogP contribution >= 0.6 is 0 Å². The van der Waals surface area contributed by atoms with Crippen molar-refractivity contribution in [3.05, 3.63) is 0 Å². The first kappa shape index (κ1) is 12.0. The highest BCUT2D eigenvalue weighted by Gasteiger charge is 2.03. The summed E-state index contributed by atoms with van der Waals surface area (Å²) in [4.78, 5) is 0. The fourth-order valence-corrected chi connectivity index (χ4v) is 1.29. The third-order valence-corrected chi connectivity index (χ3v) is 2.16. The molecule has 0 aromatic heterocycles. The van der Waals surface area contributed by atoms with Crippen molar-refractivity contribution >= 4 is 0 Å². The molecule has 0 atom stereocenters. The van der Waals surface area contributed by atoms with Gasteiger partial charge in [-0.15, -0.1) is 0 Å². The van der Waals surface area contributed by atoms with E-state index in [1.54, 1.807) is 0 Å². The first-order valence-electron chi connectivity index (χ1n) is 5.14. The molecule has 2 nitrogen and oxygen atoms in total. The van der Waals surface area contributed by atoms with Crippen molar-refractivity contribution in [2.24, 2.45) is 5.92 Å². The highest BCUT2D eigenvalue weighted by atomic mass is 14.3. The Balaban J connectivity index is 3.17. The van der Waals surface area contributed by atoms with Gasteiger partial charge in [0.2, 0.25) is 0 Å². The average molecular weight is 178 g/mol. The van der Waals surface area contributed by atoms with Crippen molar-refractivity contribution in [2.75, 3.05) is 0 Å². The van der Waals surface area contributed by atoms with Crippen LogP contribution in [0, 0.1) is 28.6 Å². The van der Waals surface area contributed by atoms with Crippen molar-refractivity contribution < 1.29 is 0 Å². The van der Waals surface area contributed by atoms with E-state index in [4.69, 9.17) is 10.5 Å². The van der Waals surface area contributed by atoms with Gasteiger partial charge < -0.3 is 0 Å². The largest absolute Gasteiger partial charge is 0.197 e. The molecule has 0 radical (unpaired) electrons. The van der Waals surface area contributed by atoms with Gasteiger partial charge in [-0.1, -0.05) is 45.4 Å². The van der Waals surface area contributed by atoms with E-state index in [1.165, 1.54) is 32.1 Å². The van der Waals surface area contributed by atoms with Crippen LogP contribution in [0.15, 0.2) is 0 Å². The fourth-order valence-electron chi connectivity index (χ4n) is 1.29. The van der Waals surface area contributed by atoms with Crippen LogP contribution in [0.2, 0.25) is 0 Å². The maximum absolute atomic E-state index is 8.49. The lowest BCUT2D eigenvalue weighted by Gasteiger charge is -2.00. The van der Waals surface area contributed by atoms with Crippen LogP contribution in [-0.4, -0.2) is 0 Å². The van der Waals surface area contributed by atoms with Crippen LogP contribution in [0.5, 0.6) is 0 Å². The number of hydrogen-bond donors (Lipinski definition) is 0. The standard InChI is InChI=1S/C11H18N2/c1-2-3-4-5-6-7-8-11(9-12)10-13/h11H,2-8H2,1H3. The Morgan fingerprint density at radius 3 is 2.00 bits per heavy atom. The lowest BCUT2D eigenvalue weighted by molar-refractivity contribution is 0.570. The van der Waals surface area contributed by atoms with Crippen LogP contribution in [0.4, 0.5) is 0 Å². The minimum Gasteiger partial charge on any atom is -0.197 e. The lowest BCUT2D eigenvalue weighted by Crippen LogP contribution is -1.92. The van der Waals surface area contributed by atoms with Crippen LogP contribution in [0.25, 0.3) is 0 Å². The molecule has 0 aliphatic carbocycles. The molecule has 13 heavy (non-hydrogen) atoms. The highest BCUT2D eigenvalue weighted by Crippen LogP contribution is 2.10. The Hall–Kier alpha value is -1.02. The summed E-state index contributed by atoms with van der Waals surface area (Å²) >= 11 is 0. The second-order valence-electron chi connectivity index (χ2n) is 3.37. The van der Waals surface area contributed by atoms with Gasteiger partial charge in [0.15, 0.2) is 0 Å². The third kappa shape index (κ3) is 7.34. The van der Waals surface area contributed by atoms with Crippen molar-refractivity contribution in [1.82, 2.24) is 0 Å². The molecule has 0 bridgehead atoms. The zero-order valence-corrected chi connectivity index (χ0v) is 8.42. The normalized spacial score (nSPS) is 9.54.